The zero-order valence-electron chi connectivity index (χ0n) is 10.7. The van der Waals surface area contributed by atoms with Crippen LogP contribution in [0.15, 0.2) is 29.0 Å². The number of hydrazine groups is 1. The van der Waals surface area contributed by atoms with E-state index in [1.165, 1.54) is 12.4 Å². The molecule has 4 N–H and O–H groups in total. The number of nitrogens with zero attached hydrogens (tertiary/aromatic N) is 2. The second-order valence-corrected chi connectivity index (χ2v) is 4.53. The van der Waals surface area contributed by atoms with Gasteiger partial charge in [-0.2, -0.15) is 0 Å². The van der Waals surface area contributed by atoms with E-state index in [1.807, 2.05) is 0 Å². The van der Waals surface area contributed by atoms with E-state index in [-0.39, 0.29) is 5.75 Å². The summed E-state index contributed by atoms with van der Waals surface area (Å²) in [4.78, 5) is 7.98. The lowest BCUT2D eigenvalue weighted by Crippen LogP contribution is -2.10. The van der Waals surface area contributed by atoms with Crippen molar-refractivity contribution in [2.75, 3.05) is 17.3 Å². The van der Waals surface area contributed by atoms with Gasteiger partial charge in [-0.3, -0.25) is 0 Å². The van der Waals surface area contributed by atoms with Gasteiger partial charge >= 0.3 is 0 Å². The van der Waals surface area contributed by atoms with Crippen molar-refractivity contribution >= 4 is 33.3 Å². The van der Waals surface area contributed by atoms with Gasteiger partial charge in [-0.05, 0) is 35.0 Å². The summed E-state index contributed by atoms with van der Waals surface area (Å²) in [6, 6.07) is 4.58. The van der Waals surface area contributed by atoms with Crippen LogP contribution in [0.2, 0.25) is 0 Å². The molecule has 20 heavy (non-hydrogen) atoms. The number of nitrogen functional groups attached to an aromatic ring is 1. The fourth-order valence-corrected chi connectivity index (χ4v) is 1.96. The number of anilines is 3. The van der Waals surface area contributed by atoms with Crippen LogP contribution in [0, 0.1) is 5.82 Å². The minimum atomic E-state index is -0.445. The first-order chi connectivity index (χ1) is 9.65. The number of halogens is 2. The molecule has 1 heterocycles. The quantitative estimate of drug-likeness (QED) is 0.572. The Labute approximate surface area is 123 Å². The average Bonchev–Trinajstić information content (AvgIpc) is 2.44. The van der Waals surface area contributed by atoms with Gasteiger partial charge < -0.3 is 15.5 Å². The first kappa shape index (κ1) is 14.5. The lowest BCUT2D eigenvalue weighted by atomic mass is 10.3. The number of nitrogens with one attached hydrogen (secondary N) is 2. The molecule has 1 aromatic carbocycles. The van der Waals surface area contributed by atoms with E-state index in [1.54, 1.807) is 19.1 Å². The highest BCUT2D eigenvalue weighted by atomic mass is 79.9. The Bertz CT molecular complexity index is 610. The zero-order chi connectivity index (χ0) is 14.5. The third-order valence-corrected chi connectivity index (χ3v) is 3.17. The summed E-state index contributed by atoms with van der Waals surface area (Å²) in [5.74, 6) is 5.98. The smallest absolute Gasteiger partial charge is 0.167 e. The van der Waals surface area contributed by atoms with Gasteiger partial charge in [0.15, 0.2) is 17.4 Å². The van der Waals surface area contributed by atoms with Crippen molar-refractivity contribution in [2.45, 2.75) is 6.92 Å². The molecule has 0 bridgehead atoms. The normalized spacial score (nSPS) is 10.2. The van der Waals surface area contributed by atoms with Gasteiger partial charge in [-0.15, -0.1) is 0 Å². The van der Waals surface area contributed by atoms with Gasteiger partial charge in [0, 0.05) is 11.8 Å². The second kappa shape index (κ2) is 6.49. The van der Waals surface area contributed by atoms with Crippen molar-refractivity contribution < 1.29 is 9.13 Å². The van der Waals surface area contributed by atoms with Crippen LogP contribution in [0.1, 0.15) is 6.92 Å². The molecule has 0 fully saturated rings. The maximum absolute atomic E-state index is 13.7. The Balaban J connectivity index is 2.24. The fourth-order valence-electron chi connectivity index (χ4n) is 1.55. The topological polar surface area (TPSA) is 85.1 Å². The van der Waals surface area contributed by atoms with Crippen molar-refractivity contribution in [1.82, 2.24) is 9.97 Å². The van der Waals surface area contributed by atoms with Gasteiger partial charge in [0.1, 0.15) is 16.6 Å². The third kappa shape index (κ3) is 3.14. The predicted octanol–water partition coefficient (Wildman–Crippen LogP) is 2.81. The van der Waals surface area contributed by atoms with E-state index in [9.17, 15) is 4.39 Å². The molecule has 2 aromatic rings. The summed E-state index contributed by atoms with van der Waals surface area (Å²) >= 11 is 3.31. The molecule has 0 amide bonds. The first-order valence-corrected chi connectivity index (χ1v) is 6.61. The van der Waals surface area contributed by atoms with Gasteiger partial charge in [0.2, 0.25) is 0 Å². The average molecular weight is 342 g/mol. The minimum absolute atomic E-state index is 0.212. The highest BCUT2D eigenvalue weighted by molar-refractivity contribution is 9.10. The maximum atomic E-state index is 13.7. The van der Waals surface area contributed by atoms with E-state index in [2.05, 4.69) is 36.6 Å². The summed E-state index contributed by atoms with van der Waals surface area (Å²) in [6.07, 6.45) is 1.34. The summed E-state index contributed by atoms with van der Waals surface area (Å²) in [5.41, 5.74) is 2.96. The molecule has 0 spiro atoms. The Morgan fingerprint density at radius 3 is 2.75 bits per heavy atom. The zero-order valence-corrected chi connectivity index (χ0v) is 12.2. The molecule has 0 aliphatic carbocycles. The molecule has 2 rings (SSSR count). The number of hydrogen-bond donors (Lipinski definition) is 3. The first-order valence-electron chi connectivity index (χ1n) is 5.82. The van der Waals surface area contributed by atoms with Crippen LogP contribution in [0.5, 0.6) is 5.75 Å². The van der Waals surface area contributed by atoms with E-state index in [0.717, 1.165) is 0 Å². The Morgan fingerprint density at radius 2 is 2.10 bits per heavy atom. The van der Waals surface area contributed by atoms with E-state index in [0.29, 0.717) is 28.4 Å². The minimum Gasteiger partial charge on any atom is -0.491 e. The van der Waals surface area contributed by atoms with Gasteiger partial charge in [-0.25, -0.2) is 20.2 Å². The Kier molecular flexibility index (Phi) is 4.70. The highest BCUT2D eigenvalue weighted by Gasteiger charge is 2.09. The third-order valence-electron chi connectivity index (χ3n) is 2.42. The molecular formula is C12H13BrFN5O. The highest BCUT2D eigenvalue weighted by Crippen LogP contribution is 2.29. The predicted molar refractivity (Wildman–Crippen MR) is 78.4 cm³/mol. The molecule has 0 aliphatic heterocycles. The van der Waals surface area contributed by atoms with E-state index in [4.69, 9.17) is 10.6 Å². The number of aromatic nitrogens is 2. The molecule has 0 aliphatic rings. The van der Waals surface area contributed by atoms with Crippen LogP contribution in [0.3, 0.4) is 0 Å². The SMILES string of the molecule is CCOc1ccc(Nc2ncnc(NN)c2Br)cc1F. The number of ether oxygens (including phenoxy) is 1. The van der Waals surface area contributed by atoms with E-state index >= 15 is 0 Å². The van der Waals surface area contributed by atoms with Crippen LogP contribution < -0.4 is 21.3 Å². The molecular weight excluding hydrogens is 329 g/mol. The largest absolute Gasteiger partial charge is 0.491 e. The molecule has 1 aromatic heterocycles. The van der Waals surface area contributed by atoms with Gasteiger partial charge in [0.05, 0.1) is 6.61 Å². The summed E-state index contributed by atoms with van der Waals surface area (Å²) in [5, 5.41) is 2.97. The van der Waals surface area contributed by atoms with Crippen molar-refractivity contribution in [1.29, 1.82) is 0 Å². The van der Waals surface area contributed by atoms with Gasteiger partial charge in [0.25, 0.3) is 0 Å². The second-order valence-electron chi connectivity index (χ2n) is 3.73. The van der Waals surface area contributed by atoms with Crippen molar-refractivity contribution in [3.8, 4) is 5.75 Å². The van der Waals surface area contributed by atoms with Crippen LogP contribution in [-0.4, -0.2) is 16.6 Å². The molecule has 6 nitrogen and oxygen atoms in total. The monoisotopic (exact) mass is 341 g/mol. The van der Waals surface area contributed by atoms with Crippen LogP contribution in [-0.2, 0) is 0 Å². The molecule has 0 unspecified atom stereocenters. The Hall–Kier alpha value is -1.93. The number of rotatable bonds is 5. The van der Waals surface area contributed by atoms with Crippen molar-refractivity contribution in [3.05, 3.63) is 34.8 Å². The number of hydrogen-bond acceptors (Lipinski definition) is 6. The van der Waals surface area contributed by atoms with Gasteiger partial charge in [-0.1, -0.05) is 0 Å². The van der Waals surface area contributed by atoms with Crippen LogP contribution in [0.25, 0.3) is 0 Å². The van der Waals surface area contributed by atoms with Crippen LogP contribution >= 0.6 is 15.9 Å². The molecule has 0 saturated heterocycles. The fraction of sp³-hybridized carbons (Fsp3) is 0.167. The molecule has 8 heteroatoms. The Morgan fingerprint density at radius 1 is 1.35 bits per heavy atom. The lowest BCUT2D eigenvalue weighted by molar-refractivity contribution is 0.321. The number of benzene rings is 1. The summed E-state index contributed by atoms with van der Waals surface area (Å²) in [7, 11) is 0. The number of nitrogens with two attached hydrogens (primary N) is 1. The van der Waals surface area contributed by atoms with E-state index < -0.39 is 5.82 Å². The lowest BCUT2D eigenvalue weighted by Gasteiger charge is -2.11. The maximum Gasteiger partial charge on any atom is 0.167 e. The van der Waals surface area contributed by atoms with Crippen molar-refractivity contribution in [2.24, 2.45) is 5.84 Å². The molecule has 0 saturated carbocycles. The summed E-state index contributed by atoms with van der Waals surface area (Å²) in [6.45, 7) is 2.21. The van der Waals surface area contributed by atoms with Crippen LogP contribution in [0.4, 0.5) is 21.7 Å². The molecule has 0 atom stereocenters. The summed E-state index contributed by atoms with van der Waals surface area (Å²) < 4.78 is 19.4. The molecule has 106 valence electrons. The standard InChI is InChI=1S/C12H13BrFN5O/c1-2-20-9-4-3-7(5-8(9)14)18-11-10(13)12(19-15)17-6-16-11/h3-6H,2,15H2,1H3,(H2,16,17,18,19). The van der Waals surface area contributed by atoms with Crippen molar-refractivity contribution in [3.63, 3.8) is 0 Å². The molecule has 0 radical (unpaired) electrons.